The molecule has 152 valence electrons. The second kappa shape index (κ2) is 7.55. The van der Waals surface area contributed by atoms with Crippen LogP contribution >= 0.6 is 0 Å². The summed E-state index contributed by atoms with van der Waals surface area (Å²) in [7, 11) is 0. The van der Waals surface area contributed by atoms with E-state index in [0.717, 1.165) is 37.7 Å². The van der Waals surface area contributed by atoms with Crippen LogP contribution in [0.1, 0.15) is 42.6 Å². The first-order valence-electron chi connectivity index (χ1n) is 10.2. The summed E-state index contributed by atoms with van der Waals surface area (Å²) in [6.45, 7) is 1.42. The van der Waals surface area contributed by atoms with Gasteiger partial charge in [-0.3, -0.25) is 14.3 Å². The van der Waals surface area contributed by atoms with Crippen molar-refractivity contribution in [3.8, 4) is 5.82 Å². The minimum atomic E-state index is -0.680. The minimum absolute atomic E-state index is 0.120. The number of likely N-dealkylation sites (tertiary alicyclic amines) is 1. The molecule has 1 saturated heterocycles. The first-order valence-corrected chi connectivity index (χ1v) is 10.2. The lowest BCUT2D eigenvalue weighted by Gasteiger charge is -2.34. The number of rotatable bonds is 4. The van der Waals surface area contributed by atoms with Crippen LogP contribution in [0.15, 0.2) is 37.2 Å². The molecule has 1 aliphatic carbocycles. The highest BCUT2D eigenvalue weighted by Crippen LogP contribution is 2.27. The Hall–Kier alpha value is -2.81. The van der Waals surface area contributed by atoms with Gasteiger partial charge in [-0.05, 0) is 38.2 Å². The largest absolute Gasteiger partial charge is 0.348 e. The number of halogens is 1. The molecule has 1 N–H and O–H groups in total. The van der Waals surface area contributed by atoms with Crippen molar-refractivity contribution < 1.29 is 9.18 Å². The third-order valence-electron chi connectivity index (χ3n) is 6.06. The van der Waals surface area contributed by atoms with E-state index in [1.807, 2.05) is 6.07 Å². The van der Waals surface area contributed by atoms with Crippen LogP contribution in [0, 0.1) is 0 Å². The Kier molecular flexibility index (Phi) is 4.75. The standard InChI is InChI=1S/C20H24FN7O/c21-14-6-9-26(11-14)16-3-1-15(2-4-16)24-20(29)17-12-28-18(5-7-23-28)19(25-17)27-10-8-22-13-27/h5,7-8,10,12-16H,1-4,6,9,11H2,(H,24,29)/t14-,15?,16?/m1/s1. The van der Waals surface area contributed by atoms with Gasteiger partial charge in [0.2, 0.25) is 0 Å². The summed E-state index contributed by atoms with van der Waals surface area (Å²) in [5.74, 6) is 0.420. The summed E-state index contributed by atoms with van der Waals surface area (Å²) < 4.78 is 16.9. The van der Waals surface area contributed by atoms with Crippen LogP contribution < -0.4 is 5.32 Å². The van der Waals surface area contributed by atoms with E-state index in [-0.39, 0.29) is 11.9 Å². The zero-order chi connectivity index (χ0) is 19.8. The van der Waals surface area contributed by atoms with Gasteiger partial charge >= 0.3 is 0 Å². The molecule has 29 heavy (non-hydrogen) atoms. The Morgan fingerprint density at radius 1 is 1.17 bits per heavy atom. The molecular weight excluding hydrogens is 373 g/mol. The number of nitrogens with zero attached hydrogens (tertiary/aromatic N) is 6. The molecule has 1 saturated carbocycles. The molecule has 1 amide bonds. The Morgan fingerprint density at radius 3 is 2.76 bits per heavy atom. The topological polar surface area (TPSA) is 80.4 Å². The van der Waals surface area contributed by atoms with E-state index in [1.165, 1.54) is 0 Å². The maximum absolute atomic E-state index is 13.5. The van der Waals surface area contributed by atoms with Crippen LogP contribution in [0.2, 0.25) is 0 Å². The van der Waals surface area contributed by atoms with Gasteiger partial charge in [0, 0.05) is 37.6 Å². The molecule has 3 aromatic heterocycles. The van der Waals surface area contributed by atoms with E-state index in [4.69, 9.17) is 0 Å². The van der Waals surface area contributed by atoms with Gasteiger partial charge in [0.15, 0.2) is 5.82 Å². The van der Waals surface area contributed by atoms with Crippen molar-refractivity contribution in [2.24, 2.45) is 0 Å². The summed E-state index contributed by atoms with van der Waals surface area (Å²) in [6, 6.07) is 2.41. The molecule has 4 heterocycles. The quantitative estimate of drug-likeness (QED) is 0.728. The third kappa shape index (κ3) is 3.62. The molecule has 3 aromatic rings. The predicted molar refractivity (Wildman–Crippen MR) is 105 cm³/mol. The van der Waals surface area contributed by atoms with Crippen molar-refractivity contribution in [3.63, 3.8) is 0 Å². The number of fused-ring (bicyclic) bond motifs is 1. The highest BCUT2D eigenvalue weighted by Gasteiger charge is 2.31. The number of alkyl halides is 1. The minimum Gasteiger partial charge on any atom is -0.348 e. The van der Waals surface area contributed by atoms with Gasteiger partial charge in [-0.15, -0.1) is 0 Å². The average molecular weight is 397 g/mol. The monoisotopic (exact) mass is 397 g/mol. The molecule has 8 nitrogen and oxygen atoms in total. The van der Waals surface area contributed by atoms with E-state index in [1.54, 1.807) is 40.2 Å². The van der Waals surface area contributed by atoms with Crippen LogP contribution in [0.4, 0.5) is 4.39 Å². The second-order valence-electron chi connectivity index (χ2n) is 7.94. The summed E-state index contributed by atoms with van der Waals surface area (Å²) in [5, 5.41) is 7.39. The Labute approximate surface area is 167 Å². The van der Waals surface area contributed by atoms with Gasteiger partial charge in [-0.2, -0.15) is 5.10 Å². The molecule has 2 fully saturated rings. The van der Waals surface area contributed by atoms with E-state index in [9.17, 15) is 9.18 Å². The fourth-order valence-electron chi connectivity index (χ4n) is 4.51. The highest BCUT2D eigenvalue weighted by atomic mass is 19.1. The van der Waals surface area contributed by atoms with Gasteiger partial charge in [-0.1, -0.05) is 0 Å². The van der Waals surface area contributed by atoms with Gasteiger partial charge in [0.1, 0.15) is 23.7 Å². The maximum atomic E-state index is 13.5. The Bertz CT molecular complexity index is 994. The zero-order valence-corrected chi connectivity index (χ0v) is 16.1. The summed E-state index contributed by atoms with van der Waals surface area (Å²) in [6.07, 6.45) is 12.2. The van der Waals surface area contributed by atoms with Crippen LogP contribution in [0.3, 0.4) is 0 Å². The summed E-state index contributed by atoms with van der Waals surface area (Å²) in [5.41, 5.74) is 1.13. The number of carbonyl (C=O) groups excluding carboxylic acids is 1. The molecule has 9 heteroatoms. The number of hydrogen-bond acceptors (Lipinski definition) is 5. The third-order valence-corrected chi connectivity index (χ3v) is 6.06. The van der Waals surface area contributed by atoms with Crippen LogP contribution in [-0.4, -0.2) is 66.3 Å². The zero-order valence-electron chi connectivity index (χ0n) is 16.1. The van der Waals surface area contributed by atoms with Crippen molar-refractivity contribution in [2.75, 3.05) is 13.1 Å². The molecule has 0 aromatic carbocycles. The van der Waals surface area contributed by atoms with Gasteiger partial charge in [-0.25, -0.2) is 18.9 Å². The van der Waals surface area contributed by atoms with Gasteiger partial charge in [0.05, 0.1) is 12.4 Å². The number of amides is 1. The Morgan fingerprint density at radius 2 is 2.03 bits per heavy atom. The smallest absolute Gasteiger partial charge is 0.271 e. The van der Waals surface area contributed by atoms with Crippen molar-refractivity contribution in [3.05, 3.63) is 42.9 Å². The van der Waals surface area contributed by atoms with Crippen molar-refractivity contribution >= 4 is 11.4 Å². The molecular formula is C20H24FN7O. The molecule has 1 atom stereocenters. The lowest BCUT2D eigenvalue weighted by atomic mass is 9.90. The number of aromatic nitrogens is 5. The normalized spacial score (nSPS) is 25.5. The van der Waals surface area contributed by atoms with E-state index < -0.39 is 6.17 Å². The maximum Gasteiger partial charge on any atom is 0.271 e. The van der Waals surface area contributed by atoms with Crippen molar-refractivity contribution in [2.45, 2.75) is 50.4 Å². The average Bonchev–Trinajstić information content (AvgIpc) is 3.49. The number of hydrogen-bond donors (Lipinski definition) is 1. The lowest BCUT2D eigenvalue weighted by Crippen LogP contribution is -2.43. The first-order chi connectivity index (χ1) is 14.2. The number of carbonyl (C=O) groups is 1. The van der Waals surface area contributed by atoms with E-state index in [2.05, 4.69) is 25.3 Å². The van der Waals surface area contributed by atoms with Crippen molar-refractivity contribution in [1.29, 1.82) is 0 Å². The molecule has 0 unspecified atom stereocenters. The highest BCUT2D eigenvalue weighted by molar-refractivity contribution is 5.93. The molecule has 1 aliphatic heterocycles. The first kappa shape index (κ1) is 18.2. The summed E-state index contributed by atoms with van der Waals surface area (Å²) >= 11 is 0. The SMILES string of the molecule is O=C(NC1CCC(N2CC[C@@H](F)C2)CC1)c1cn2nccc2c(-n2ccnc2)n1. The molecule has 0 bridgehead atoms. The van der Waals surface area contributed by atoms with Crippen molar-refractivity contribution in [1.82, 2.24) is 34.4 Å². The number of imidazole rings is 1. The van der Waals surface area contributed by atoms with Crippen LogP contribution in [0.25, 0.3) is 11.3 Å². The Balaban J connectivity index is 1.27. The van der Waals surface area contributed by atoms with E-state index >= 15 is 0 Å². The molecule has 2 aliphatic rings. The van der Waals surface area contributed by atoms with E-state index in [0.29, 0.717) is 30.5 Å². The summed E-state index contributed by atoms with van der Waals surface area (Å²) in [4.78, 5) is 23.8. The van der Waals surface area contributed by atoms with Crippen LogP contribution in [0.5, 0.6) is 0 Å². The van der Waals surface area contributed by atoms with Gasteiger partial charge < -0.3 is 5.32 Å². The predicted octanol–water partition coefficient (Wildman–Crippen LogP) is 2.00. The fraction of sp³-hybridized carbons (Fsp3) is 0.500. The molecule has 0 radical (unpaired) electrons. The fourth-order valence-corrected chi connectivity index (χ4v) is 4.51. The second-order valence-corrected chi connectivity index (χ2v) is 7.94. The lowest BCUT2D eigenvalue weighted by molar-refractivity contribution is 0.0904. The van der Waals surface area contributed by atoms with Crippen LogP contribution in [-0.2, 0) is 0 Å². The number of nitrogens with one attached hydrogen (secondary N) is 1. The molecule has 5 rings (SSSR count). The molecule has 0 spiro atoms. The van der Waals surface area contributed by atoms with Gasteiger partial charge in [0.25, 0.3) is 5.91 Å².